The third-order valence-electron chi connectivity index (χ3n) is 4.80. The summed E-state index contributed by atoms with van der Waals surface area (Å²) in [4.78, 5) is 29.5. The molecule has 0 radical (unpaired) electrons. The molecule has 7 heteroatoms. The maximum atomic E-state index is 12.6. The Morgan fingerprint density at radius 2 is 1.66 bits per heavy atom. The van der Waals surface area contributed by atoms with Crippen molar-refractivity contribution >= 4 is 22.8 Å². The molecule has 0 unspecified atom stereocenters. The van der Waals surface area contributed by atoms with E-state index in [4.69, 9.17) is 0 Å². The Balaban J connectivity index is 1.72. The second-order valence-corrected chi connectivity index (χ2v) is 8.45. The number of benzene rings is 1. The van der Waals surface area contributed by atoms with Gasteiger partial charge in [-0.1, -0.05) is 32.9 Å². The summed E-state index contributed by atoms with van der Waals surface area (Å²) in [5.41, 5.74) is 8.25. The van der Waals surface area contributed by atoms with E-state index in [0.717, 1.165) is 16.6 Å². The van der Waals surface area contributed by atoms with Gasteiger partial charge in [0.05, 0.1) is 17.5 Å². The first-order valence-electron chi connectivity index (χ1n) is 9.64. The number of hydrogen-bond donors (Lipinski definition) is 2. The molecule has 0 aliphatic rings. The van der Waals surface area contributed by atoms with Gasteiger partial charge < -0.3 is 0 Å². The highest BCUT2D eigenvalue weighted by Crippen LogP contribution is 2.22. The molecule has 0 saturated carbocycles. The van der Waals surface area contributed by atoms with Crippen LogP contribution in [0.5, 0.6) is 0 Å². The maximum absolute atomic E-state index is 12.6. The van der Waals surface area contributed by atoms with Crippen LogP contribution in [0.2, 0.25) is 0 Å². The summed E-state index contributed by atoms with van der Waals surface area (Å²) in [7, 11) is 0. The van der Waals surface area contributed by atoms with Crippen LogP contribution in [0.15, 0.2) is 36.5 Å². The molecule has 2 N–H and O–H groups in total. The Morgan fingerprint density at radius 3 is 2.24 bits per heavy atom. The molecular formula is C22H27N5O2. The molecule has 0 spiro atoms. The molecule has 29 heavy (non-hydrogen) atoms. The van der Waals surface area contributed by atoms with Gasteiger partial charge in [0.25, 0.3) is 11.8 Å². The Bertz CT molecular complexity index is 1060. The summed E-state index contributed by atoms with van der Waals surface area (Å²) >= 11 is 0. The molecule has 0 bridgehead atoms. The van der Waals surface area contributed by atoms with Gasteiger partial charge in [-0.2, -0.15) is 5.10 Å². The zero-order valence-electron chi connectivity index (χ0n) is 17.7. The minimum atomic E-state index is -0.422. The van der Waals surface area contributed by atoms with Crippen molar-refractivity contribution in [2.45, 2.75) is 53.0 Å². The molecular weight excluding hydrogens is 366 g/mol. The van der Waals surface area contributed by atoms with E-state index in [0.29, 0.717) is 16.8 Å². The standard InChI is InChI=1S/C22H27N5O2/c1-13(2)27-19-16(12-23-27)11-18(14(3)24-19)21(29)26-25-20(28)15-7-9-17(10-8-15)22(4,5)6/h7-13H,1-6H3,(H,25,28)(H,26,29). The van der Waals surface area contributed by atoms with E-state index >= 15 is 0 Å². The first-order chi connectivity index (χ1) is 13.6. The van der Waals surface area contributed by atoms with Crippen molar-refractivity contribution in [2.75, 3.05) is 0 Å². The molecule has 0 aliphatic heterocycles. The molecule has 0 atom stereocenters. The lowest BCUT2D eigenvalue weighted by Gasteiger charge is -2.19. The number of fused-ring (bicyclic) bond motifs is 1. The lowest BCUT2D eigenvalue weighted by atomic mass is 9.87. The number of aromatic nitrogens is 3. The largest absolute Gasteiger partial charge is 0.271 e. The summed E-state index contributed by atoms with van der Waals surface area (Å²) in [6.07, 6.45) is 1.69. The van der Waals surface area contributed by atoms with E-state index < -0.39 is 5.91 Å². The van der Waals surface area contributed by atoms with Crippen molar-refractivity contribution in [1.82, 2.24) is 25.6 Å². The van der Waals surface area contributed by atoms with Gasteiger partial charge in [-0.15, -0.1) is 0 Å². The second-order valence-electron chi connectivity index (χ2n) is 8.45. The van der Waals surface area contributed by atoms with Crippen LogP contribution in [-0.4, -0.2) is 26.6 Å². The summed E-state index contributed by atoms with van der Waals surface area (Å²) in [5.74, 6) is -0.799. The number of pyridine rings is 1. The van der Waals surface area contributed by atoms with Crippen molar-refractivity contribution in [3.8, 4) is 0 Å². The summed E-state index contributed by atoms with van der Waals surface area (Å²) in [5, 5.41) is 5.10. The van der Waals surface area contributed by atoms with Gasteiger partial charge in [-0.25, -0.2) is 9.67 Å². The van der Waals surface area contributed by atoms with Crippen LogP contribution in [0.4, 0.5) is 0 Å². The molecule has 3 aromatic rings. The lowest BCUT2D eigenvalue weighted by Crippen LogP contribution is -2.42. The normalized spacial score (nSPS) is 11.7. The van der Waals surface area contributed by atoms with Gasteiger partial charge in [-0.3, -0.25) is 20.4 Å². The number of hydrazine groups is 1. The number of hydrogen-bond acceptors (Lipinski definition) is 4. The molecule has 2 amide bonds. The van der Waals surface area contributed by atoms with Gasteiger partial charge >= 0.3 is 0 Å². The zero-order chi connectivity index (χ0) is 21.3. The molecule has 152 valence electrons. The van der Waals surface area contributed by atoms with Gasteiger partial charge in [0, 0.05) is 17.0 Å². The number of carbonyl (C=O) groups is 2. The van der Waals surface area contributed by atoms with Crippen LogP contribution in [0.25, 0.3) is 11.0 Å². The molecule has 7 nitrogen and oxygen atoms in total. The predicted octanol–water partition coefficient (Wildman–Crippen LogP) is 3.69. The molecule has 3 rings (SSSR count). The van der Waals surface area contributed by atoms with E-state index in [-0.39, 0.29) is 17.4 Å². The van der Waals surface area contributed by atoms with Crippen molar-refractivity contribution in [3.05, 3.63) is 58.9 Å². The smallest absolute Gasteiger partial charge is 0.267 e. The first-order valence-corrected chi connectivity index (χ1v) is 9.64. The maximum Gasteiger partial charge on any atom is 0.271 e. The van der Waals surface area contributed by atoms with E-state index in [1.54, 1.807) is 31.3 Å². The molecule has 1 aromatic carbocycles. The van der Waals surface area contributed by atoms with Crippen molar-refractivity contribution in [2.24, 2.45) is 0 Å². The number of aryl methyl sites for hydroxylation is 1. The fraction of sp³-hybridized carbons (Fsp3) is 0.364. The fourth-order valence-electron chi connectivity index (χ4n) is 3.05. The van der Waals surface area contributed by atoms with Crippen LogP contribution in [0.1, 0.15) is 72.6 Å². The monoisotopic (exact) mass is 393 g/mol. The Labute approximate surface area is 170 Å². The van der Waals surface area contributed by atoms with Crippen molar-refractivity contribution in [1.29, 1.82) is 0 Å². The predicted molar refractivity (Wildman–Crippen MR) is 113 cm³/mol. The number of carbonyl (C=O) groups excluding carboxylic acids is 2. The molecule has 2 heterocycles. The number of nitrogens with zero attached hydrogens (tertiary/aromatic N) is 3. The molecule has 0 saturated heterocycles. The number of rotatable bonds is 3. The minimum absolute atomic E-state index is 0.00969. The van der Waals surface area contributed by atoms with Crippen molar-refractivity contribution < 1.29 is 9.59 Å². The summed E-state index contributed by atoms with van der Waals surface area (Å²) < 4.78 is 1.81. The van der Waals surface area contributed by atoms with E-state index in [1.807, 2.05) is 30.7 Å². The zero-order valence-corrected chi connectivity index (χ0v) is 17.7. The van der Waals surface area contributed by atoms with Gasteiger partial charge in [0.2, 0.25) is 0 Å². The average molecular weight is 393 g/mol. The van der Waals surface area contributed by atoms with E-state index in [1.165, 1.54) is 0 Å². The van der Waals surface area contributed by atoms with Crippen LogP contribution in [-0.2, 0) is 5.41 Å². The third kappa shape index (κ3) is 4.29. The highest BCUT2D eigenvalue weighted by molar-refractivity contribution is 6.01. The molecule has 0 fully saturated rings. The first kappa shape index (κ1) is 20.5. The Hall–Kier alpha value is -3.22. The summed E-state index contributed by atoms with van der Waals surface area (Å²) in [6.45, 7) is 12.1. The van der Waals surface area contributed by atoms with Crippen LogP contribution >= 0.6 is 0 Å². The van der Waals surface area contributed by atoms with Gasteiger partial charge in [-0.05, 0) is 49.9 Å². The van der Waals surface area contributed by atoms with Gasteiger partial charge in [0.1, 0.15) is 0 Å². The lowest BCUT2D eigenvalue weighted by molar-refractivity contribution is 0.0846. The SMILES string of the molecule is Cc1nc2c(cnn2C(C)C)cc1C(=O)NNC(=O)c1ccc(C(C)(C)C)cc1. The van der Waals surface area contributed by atoms with Crippen LogP contribution < -0.4 is 10.9 Å². The van der Waals surface area contributed by atoms with Gasteiger partial charge in [0.15, 0.2) is 5.65 Å². The average Bonchev–Trinajstić information content (AvgIpc) is 3.07. The van der Waals surface area contributed by atoms with Crippen LogP contribution in [0.3, 0.4) is 0 Å². The highest BCUT2D eigenvalue weighted by Gasteiger charge is 2.17. The van der Waals surface area contributed by atoms with Crippen LogP contribution in [0, 0.1) is 6.92 Å². The summed E-state index contributed by atoms with van der Waals surface area (Å²) in [6, 6.07) is 9.25. The van der Waals surface area contributed by atoms with E-state index in [9.17, 15) is 9.59 Å². The minimum Gasteiger partial charge on any atom is -0.267 e. The van der Waals surface area contributed by atoms with Crippen molar-refractivity contribution in [3.63, 3.8) is 0 Å². The number of nitrogens with one attached hydrogen (secondary N) is 2. The fourth-order valence-corrected chi connectivity index (χ4v) is 3.05. The topological polar surface area (TPSA) is 88.9 Å². The van der Waals surface area contributed by atoms with E-state index in [2.05, 4.69) is 41.7 Å². The third-order valence-corrected chi connectivity index (χ3v) is 4.80. The Kier molecular flexibility index (Phi) is 5.42. The molecule has 2 aromatic heterocycles. The molecule has 0 aliphatic carbocycles. The Morgan fingerprint density at radius 1 is 1.03 bits per heavy atom. The highest BCUT2D eigenvalue weighted by atomic mass is 16.2. The number of amides is 2. The second kappa shape index (κ2) is 7.66. The quantitative estimate of drug-likeness (QED) is 0.664.